The molecule has 0 saturated heterocycles. The zero-order valence-electron chi connectivity index (χ0n) is 20.8. The van der Waals surface area contributed by atoms with E-state index in [0.29, 0.717) is 16.6 Å². The number of amides is 2. The molecular formula is C27H29BrFN3O4S. The number of sulfonamides is 1. The molecule has 0 aromatic heterocycles. The lowest BCUT2D eigenvalue weighted by molar-refractivity contribution is -0.139. The molecule has 196 valence electrons. The van der Waals surface area contributed by atoms with Crippen LogP contribution in [0.15, 0.2) is 82.2 Å². The van der Waals surface area contributed by atoms with Crippen molar-refractivity contribution in [3.05, 3.63) is 94.2 Å². The van der Waals surface area contributed by atoms with Gasteiger partial charge in [0.15, 0.2) is 0 Å². The summed E-state index contributed by atoms with van der Waals surface area (Å²) in [6.07, 6.45) is 0. The van der Waals surface area contributed by atoms with E-state index < -0.39 is 34.3 Å². The van der Waals surface area contributed by atoms with E-state index in [1.807, 2.05) is 6.92 Å². The molecule has 10 heteroatoms. The summed E-state index contributed by atoms with van der Waals surface area (Å²) in [7, 11) is -4.14. The first-order valence-corrected chi connectivity index (χ1v) is 13.9. The van der Waals surface area contributed by atoms with Crippen molar-refractivity contribution >= 4 is 43.5 Å². The molecular weight excluding hydrogens is 561 g/mol. The number of rotatable bonds is 10. The average Bonchev–Trinajstić information content (AvgIpc) is 2.86. The third-order valence-electron chi connectivity index (χ3n) is 5.77. The van der Waals surface area contributed by atoms with Crippen LogP contribution in [-0.2, 0) is 26.2 Å². The standard InChI is InChI=1S/C27H29BrFN3O4S/c1-4-30-27(34)20(3)31(17-21-10-12-23(29)13-11-21)26(33)18-32(24-7-5-6-22(28)16-24)37(35,36)25-14-8-19(2)9-15-25/h5-16,20H,4,17-18H2,1-3H3,(H,30,34). The summed E-state index contributed by atoms with van der Waals surface area (Å²) in [4.78, 5) is 27.7. The second kappa shape index (κ2) is 12.3. The fourth-order valence-electron chi connectivity index (χ4n) is 3.69. The van der Waals surface area contributed by atoms with Crippen LogP contribution in [0.25, 0.3) is 0 Å². The van der Waals surface area contributed by atoms with Gasteiger partial charge in [0.25, 0.3) is 10.0 Å². The molecule has 0 saturated carbocycles. The van der Waals surface area contributed by atoms with Gasteiger partial charge in [-0.15, -0.1) is 0 Å². The lowest BCUT2D eigenvalue weighted by Crippen LogP contribution is -2.51. The van der Waals surface area contributed by atoms with E-state index in [-0.39, 0.29) is 23.0 Å². The summed E-state index contributed by atoms with van der Waals surface area (Å²) in [5.74, 6) is -1.39. The van der Waals surface area contributed by atoms with Crippen LogP contribution in [0, 0.1) is 12.7 Å². The Labute approximate surface area is 225 Å². The Morgan fingerprint density at radius 2 is 1.68 bits per heavy atom. The molecule has 0 fully saturated rings. The van der Waals surface area contributed by atoms with Gasteiger partial charge in [-0.2, -0.15) is 0 Å². The molecule has 0 spiro atoms. The molecule has 7 nitrogen and oxygen atoms in total. The van der Waals surface area contributed by atoms with Crippen molar-refractivity contribution < 1.29 is 22.4 Å². The summed E-state index contributed by atoms with van der Waals surface area (Å²) >= 11 is 3.37. The molecule has 3 rings (SSSR count). The van der Waals surface area contributed by atoms with Crippen molar-refractivity contribution in [3.63, 3.8) is 0 Å². The van der Waals surface area contributed by atoms with Crippen LogP contribution in [0.2, 0.25) is 0 Å². The molecule has 1 unspecified atom stereocenters. The maximum atomic E-state index is 13.7. The molecule has 0 bridgehead atoms. The van der Waals surface area contributed by atoms with E-state index in [2.05, 4.69) is 21.2 Å². The Morgan fingerprint density at radius 1 is 1.03 bits per heavy atom. The first-order chi connectivity index (χ1) is 17.5. The van der Waals surface area contributed by atoms with Crippen LogP contribution < -0.4 is 9.62 Å². The van der Waals surface area contributed by atoms with Crippen molar-refractivity contribution in [1.29, 1.82) is 0 Å². The van der Waals surface area contributed by atoms with E-state index in [0.717, 1.165) is 9.87 Å². The SMILES string of the molecule is CCNC(=O)C(C)N(Cc1ccc(F)cc1)C(=O)CN(c1cccc(Br)c1)S(=O)(=O)c1ccc(C)cc1. The van der Waals surface area contributed by atoms with Gasteiger partial charge in [0.05, 0.1) is 10.6 Å². The first kappa shape index (κ1) is 28.3. The van der Waals surface area contributed by atoms with Gasteiger partial charge in [-0.25, -0.2) is 12.8 Å². The Balaban J connectivity index is 2.02. The highest BCUT2D eigenvalue weighted by atomic mass is 79.9. The predicted octanol–water partition coefficient (Wildman–Crippen LogP) is 4.65. The lowest BCUT2D eigenvalue weighted by atomic mass is 10.1. The minimum atomic E-state index is -4.14. The van der Waals surface area contributed by atoms with Crippen molar-refractivity contribution in [2.24, 2.45) is 0 Å². The maximum Gasteiger partial charge on any atom is 0.264 e. The molecule has 0 aliphatic rings. The highest BCUT2D eigenvalue weighted by Crippen LogP contribution is 2.27. The third kappa shape index (κ3) is 7.17. The Morgan fingerprint density at radius 3 is 2.27 bits per heavy atom. The number of nitrogens with zero attached hydrogens (tertiary/aromatic N) is 2. The second-order valence-corrected chi connectivity index (χ2v) is 11.3. The first-order valence-electron chi connectivity index (χ1n) is 11.7. The Kier molecular flexibility index (Phi) is 9.45. The van der Waals surface area contributed by atoms with Crippen LogP contribution in [0.3, 0.4) is 0 Å². The minimum absolute atomic E-state index is 0.00564. The fraction of sp³-hybridized carbons (Fsp3) is 0.259. The number of nitrogens with one attached hydrogen (secondary N) is 1. The van der Waals surface area contributed by atoms with Crippen molar-refractivity contribution in [3.8, 4) is 0 Å². The molecule has 0 radical (unpaired) electrons. The molecule has 1 atom stereocenters. The number of carbonyl (C=O) groups is 2. The molecule has 3 aromatic carbocycles. The molecule has 3 aromatic rings. The van der Waals surface area contributed by atoms with Crippen LogP contribution >= 0.6 is 15.9 Å². The van der Waals surface area contributed by atoms with Crippen molar-refractivity contribution in [2.45, 2.75) is 38.3 Å². The number of benzene rings is 3. The molecule has 1 N–H and O–H groups in total. The van der Waals surface area contributed by atoms with Gasteiger partial charge in [0.1, 0.15) is 18.4 Å². The number of halogens is 2. The summed E-state index contributed by atoms with van der Waals surface area (Å²) in [5, 5.41) is 2.70. The Bertz CT molecular complexity index is 1350. The lowest BCUT2D eigenvalue weighted by Gasteiger charge is -2.32. The van der Waals surface area contributed by atoms with Crippen LogP contribution in [0.5, 0.6) is 0 Å². The topological polar surface area (TPSA) is 86.8 Å². The number of hydrogen-bond donors (Lipinski definition) is 1. The monoisotopic (exact) mass is 589 g/mol. The smallest absolute Gasteiger partial charge is 0.264 e. The Hall–Kier alpha value is -3.24. The van der Waals surface area contributed by atoms with Gasteiger partial charge in [0.2, 0.25) is 11.8 Å². The van der Waals surface area contributed by atoms with Crippen molar-refractivity contribution in [2.75, 3.05) is 17.4 Å². The summed E-state index contributed by atoms with van der Waals surface area (Å²) in [6, 6.07) is 17.7. The number of hydrogen-bond acceptors (Lipinski definition) is 4. The van der Waals surface area contributed by atoms with Gasteiger partial charge in [-0.05, 0) is 68.8 Å². The van der Waals surface area contributed by atoms with Gasteiger partial charge in [-0.1, -0.05) is 51.8 Å². The normalized spacial score (nSPS) is 12.0. The van der Waals surface area contributed by atoms with Crippen LogP contribution in [0.4, 0.5) is 10.1 Å². The van der Waals surface area contributed by atoms with Crippen molar-refractivity contribution in [1.82, 2.24) is 10.2 Å². The molecule has 2 amide bonds. The zero-order chi connectivity index (χ0) is 27.2. The van der Waals surface area contributed by atoms with Gasteiger partial charge >= 0.3 is 0 Å². The van der Waals surface area contributed by atoms with E-state index >= 15 is 0 Å². The fourth-order valence-corrected chi connectivity index (χ4v) is 5.48. The average molecular weight is 591 g/mol. The summed E-state index contributed by atoms with van der Waals surface area (Å²) < 4.78 is 42.6. The van der Waals surface area contributed by atoms with E-state index in [9.17, 15) is 22.4 Å². The van der Waals surface area contributed by atoms with E-state index in [1.165, 1.54) is 41.3 Å². The van der Waals surface area contributed by atoms with E-state index in [4.69, 9.17) is 0 Å². The maximum absolute atomic E-state index is 13.7. The van der Waals surface area contributed by atoms with Gasteiger partial charge in [0, 0.05) is 17.6 Å². The zero-order valence-corrected chi connectivity index (χ0v) is 23.2. The third-order valence-corrected chi connectivity index (χ3v) is 8.05. The molecule has 0 aliphatic heterocycles. The predicted molar refractivity (Wildman–Crippen MR) is 145 cm³/mol. The number of aryl methyl sites for hydroxylation is 1. The number of likely N-dealkylation sites (N-methyl/N-ethyl adjacent to an activating group) is 1. The van der Waals surface area contributed by atoms with Gasteiger partial charge < -0.3 is 10.2 Å². The second-order valence-electron chi connectivity index (χ2n) is 8.52. The minimum Gasteiger partial charge on any atom is -0.355 e. The number of anilines is 1. The highest BCUT2D eigenvalue weighted by molar-refractivity contribution is 9.10. The van der Waals surface area contributed by atoms with Gasteiger partial charge in [-0.3, -0.25) is 13.9 Å². The quantitative estimate of drug-likeness (QED) is 0.373. The largest absolute Gasteiger partial charge is 0.355 e. The number of carbonyl (C=O) groups excluding carboxylic acids is 2. The van der Waals surface area contributed by atoms with Crippen LogP contribution in [-0.4, -0.2) is 44.3 Å². The summed E-state index contributed by atoms with van der Waals surface area (Å²) in [6.45, 7) is 5.01. The molecule has 0 heterocycles. The van der Waals surface area contributed by atoms with E-state index in [1.54, 1.807) is 50.2 Å². The molecule has 37 heavy (non-hydrogen) atoms. The highest BCUT2D eigenvalue weighted by Gasteiger charge is 2.32. The van der Waals surface area contributed by atoms with Crippen LogP contribution in [0.1, 0.15) is 25.0 Å². The summed E-state index contributed by atoms with van der Waals surface area (Å²) in [5.41, 5.74) is 1.78. The molecule has 0 aliphatic carbocycles.